The van der Waals surface area contributed by atoms with Crippen LogP contribution in [-0.4, -0.2) is 38.1 Å². The van der Waals surface area contributed by atoms with Gasteiger partial charge in [-0.1, -0.05) is 12.1 Å². The molecule has 2 heterocycles. The number of aryl methyl sites for hydroxylation is 1. The quantitative estimate of drug-likeness (QED) is 0.761. The molecule has 0 aliphatic heterocycles. The molecule has 2 rings (SSSR count). The molecule has 0 aromatic carbocycles. The number of rotatable bonds is 8. The molecular weight excluding hydrogens is 254 g/mol. The van der Waals surface area contributed by atoms with Crippen LogP contribution in [0.25, 0.3) is 0 Å². The smallest absolute Gasteiger partial charge is 0.133 e. The second-order valence-corrected chi connectivity index (χ2v) is 4.43. The lowest BCUT2D eigenvalue weighted by molar-refractivity contribution is 0.608. The van der Waals surface area contributed by atoms with Crippen LogP contribution in [-0.2, 0) is 13.0 Å². The summed E-state index contributed by atoms with van der Waals surface area (Å²) in [6.45, 7) is 6.53. The van der Waals surface area contributed by atoms with E-state index in [9.17, 15) is 0 Å². The lowest BCUT2D eigenvalue weighted by atomic mass is 10.3. The van der Waals surface area contributed by atoms with Gasteiger partial charge in [0.2, 0.25) is 0 Å². The summed E-state index contributed by atoms with van der Waals surface area (Å²) >= 11 is 0. The molecule has 2 aromatic rings. The zero-order valence-corrected chi connectivity index (χ0v) is 12.0. The highest BCUT2D eigenvalue weighted by Gasteiger charge is 2.03. The number of anilines is 2. The summed E-state index contributed by atoms with van der Waals surface area (Å²) in [5.41, 5.74) is 0. The van der Waals surface area contributed by atoms with Gasteiger partial charge in [0.1, 0.15) is 17.5 Å². The van der Waals surface area contributed by atoms with Crippen LogP contribution < -0.4 is 10.6 Å². The minimum Gasteiger partial charge on any atom is -0.370 e. The van der Waals surface area contributed by atoms with Gasteiger partial charge in [0.25, 0.3) is 0 Å². The molecule has 0 saturated heterocycles. The average Bonchev–Trinajstić information content (AvgIpc) is 2.92. The van der Waals surface area contributed by atoms with Crippen molar-refractivity contribution < 1.29 is 0 Å². The first kappa shape index (κ1) is 14.2. The molecule has 108 valence electrons. The number of aromatic nitrogens is 5. The molecule has 0 amide bonds. The maximum Gasteiger partial charge on any atom is 0.133 e. The lowest BCUT2D eigenvalue weighted by Crippen LogP contribution is -2.13. The highest BCUT2D eigenvalue weighted by Crippen LogP contribution is 2.12. The van der Waals surface area contributed by atoms with E-state index in [0.29, 0.717) is 0 Å². The number of hydrogen-bond donors (Lipinski definition) is 2. The van der Waals surface area contributed by atoms with E-state index in [2.05, 4.69) is 44.8 Å². The Balaban J connectivity index is 1.97. The second-order valence-electron chi connectivity index (χ2n) is 4.43. The van der Waals surface area contributed by atoms with Crippen molar-refractivity contribution in [2.75, 3.05) is 23.7 Å². The van der Waals surface area contributed by atoms with Gasteiger partial charge in [-0.15, -0.1) is 5.10 Å². The maximum absolute atomic E-state index is 4.52. The first-order valence-electron chi connectivity index (χ1n) is 7.01. The van der Waals surface area contributed by atoms with Gasteiger partial charge in [0, 0.05) is 31.8 Å². The van der Waals surface area contributed by atoms with Gasteiger partial charge in [-0.3, -0.25) is 4.68 Å². The second kappa shape index (κ2) is 7.42. The van der Waals surface area contributed by atoms with Crippen LogP contribution in [0.5, 0.6) is 0 Å². The van der Waals surface area contributed by atoms with Crippen LogP contribution in [0, 0.1) is 0 Å². The molecule has 0 saturated carbocycles. The van der Waals surface area contributed by atoms with Crippen molar-refractivity contribution in [3.63, 3.8) is 0 Å². The van der Waals surface area contributed by atoms with Crippen LogP contribution in [0.3, 0.4) is 0 Å². The van der Waals surface area contributed by atoms with E-state index in [0.717, 1.165) is 49.9 Å². The molecule has 2 N–H and O–H groups in total. The molecule has 0 aliphatic rings. The first-order chi connectivity index (χ1) is 9.81. The van der Waals surface area contributed by atoms with E-state index in [1.807, 2.05) is 12.3 Å². The predicted molar refractivity (Wildman–Crippen MR) is 78.7 cm³/mol. The summed E-state index contributed by atoms with van der Waals surface area (Å²) in [5.74, 6) is 2.59. The molecular formula is C13H21N7. The summed E-state index contributed by atoms with van der Waals surface area (Å²) in [7, 11) is 0. The summed E-state index contributed by atoms with van der Waals surface area (Å²) in [6, 6.07) is 1.93. The predicted octanol–water partition coefficient (Wildman–Crippen LogP) is 1.56. The summed E-state index contributed by atoms with van der Waals surface area (Å²) in [6.07, 6.45) is 5.44. The Morgan fingerprint density at radius 3 is 2.60 bits per heavy atom. The van der Waals surface area contributed by atoms with Gasteiger partial charge >= 0.3 is 0 Å². The molecule has 7 heteroatoms. The van der Waals surface area contributed by atoms with E-state index in [1.165, 1.54) is 0 Å². The van der Waals surface area contributed by atoms with Crippen molar-refractivity contribution in [2.45, 2.75) is 33.2 Å². The topological polar surface area (TPSA) is 80.5 Å². The van der Waals surface area contributed by atoms with E-state index in [1.54, 1.807) is 10.9 Å². The standard InChI is InChI=1S/C13H21N7/c1-3-5-11-17-12(14-4-2)10-13(18-11)15-6-8-20-9-7-16-19-20/h7,9-10H,3-6,8H2,1-2H3,(H2,14,15,17,18). The van der Waals surface area contributed by atoms with Gasteiger partial charge in [0.05, 0.1) is 12.7 Å². The third-order valence-electron chi connectivity index (χ3n) is 2.72. The molecule has 0 bridgehead atoms. The van der Waals surface area contributed by atoms with E-state index in [-0.39, 0.29) is 0 Å². The molecule has 0 spiro atoms. The molecule has 0 fully saturated rings. The van der Waals surface area contributed by atoms with Crippen molar-refractivity contribution in [3.05, 3.63) is 24.3 Å². The Kier molecular flexibility index (Phi) is 5.28. The fourth-order valence-corrected chi connectivity index (χ4v) is 1.85. The van der Waals surface area contributed by atoms with Gasteiger partial charge < -0.3 is 10.6 Å². The maximum atomic E-state index is 4.52. The van der Waals surface area contributed by atoms with Crippen molar-refractivity contribution >= 4 is 11.6 Å². The summed E-state index contributed by atoms with van der Waals surface area (Å²) in [4.78, 5) is 9.00. The molecule has 0 atom stereocenters. The molecule has 7 nitrogen and oxygen atoms in total. The van der Waals surface area contributed by atoms with Crippen LogP contribution in [0.2, 0.25) is 0 Å². The summed E-state index contributed by atoms with van der Waals surface area (Å²) in [5, 5.41) is 14.2. The molecule has 20 heavy (non-hydrogen) atoms. The fraction of sp³-hybridized carbons (Fsp3) is 0.538. The minimum absolute atomic E-state index is 0.748. The van der Waals surface area contributed by atoms with E-state index in [4.69, 9.17) is 0 Å². The number of nitrogens with zero attached hydrogens (tertiary/aromatic N) is 5. The van der Waals surface area contributed by atoms with Crippen LogP contribution >= 0.6 is 0 Å². The van der Waals surface area contributed by atoms with Crippen molar-refractivity contribution in [1.82, 2.24) is 25.0 Å². The van der Waals surface area contributed by atoms with Crippen molar-refractivity contribution in [1.29, 1.82) is 0 Å². The number of hydrogen-bond acceptors (Lipinski definition) is 6. The zero-order valence-electron chi connectivity index (χ0n) is 12.0. The SMILES string of the molecule is CCCc1nc(NCC)cc(NCCn2ccnn2)n1. The molecule has 0 aliphatic carbocycles. The lowest BCUT2D eigenvalue weighted by Gasteiger charge is -2.10. The third kappa shape index (κ3) is 4.18. The molecule has 0 radical (unpaired) electrons. The van der Waals surface area contributed by atoms with Crippen molar-refractivity contribution in [3.8, 4) is 0 Å². The van der Waals surface area contributed by atoms with Gasteiger partial charge in [0.15, 0.2) is 0 Å². The highest BCUT2D eigenvalue weighted by atomic mass is 15.4. The number of nitrogens with one attached hydrogen (secondary N) is 2. The first-order valence-corrected chi connectivity index (χ1v) is 7.01. The normalized spacial score (nSPS) is 10.5. The minimum atomic E-state index is 0.748. The highest BCUT2D eigenvalue weighted by molar-refractivity contribution is 5.47. The van der Waals surface area contributed by atoms with E-state index >= 15 is 0 Å². The van der Waals surface area contributed by atoms with Gasteiger partial charge in [-0.2, -0.15) is 0 Å². The van der Waals surface area contributed by atoms with Crippen LogP contribution in [0.15, 0.2) is 18.5 Å². The molecule has 0 unspecified atom stereocenters. The van der Waals surface area contributed by atoms with E-state index < -0.39 is 0 Å². The Bertz CT molecular complexity index is 485. The zero-order chi connectivity index (χ0) is 14.2. The Morgan fingerprint density at radius 1 is 1.15 bits per heavy atom. The Morgan fingerprint density at radius 2 is 1.95 bits per heavy atom. The van der Waals surface area contributed by atoms with Gasteiger partial charge in [-0.25, -0.2) is 9.97 Å². The largest absolute Gasteiger partial charge is 0.370 e. The van der Waals surface area contributed by atoms with Crippen molar-refractivity contribution in [2.24, 2.45) is 0 Å². The third-order valence-corrected chi connectivity index (χ3v) is 2.72. The van der Waals surface area contributed by atoms with Crippen LogP contribution in [0.4, 0.5) is 11.6 Å². The molecule has 2 aromatic heterocycles. The Hall–Kier alpha value is -2.18. The summed E-state index contributed by atoms with van der Waals surface area (Å²) < 4.78 is 1.78. The average molecular weight is 275 g/mol. The Labute approximate surface area is 118 Å². The van der Waals surface area contributed by atoms with Crippen LogP contribution in [0.1, 0.15) is 26.1 Å². The monoisotopic (exact) mass is 275 g/mol. The van der Waals surface area contributed by atoms with Gasteiger partial charge in [-0.05, 0) is 13.3 Å². The fourth-order valence-electron chi connectivity index (χ4n) is 1.85.